The van der Waals surface area contributed by atoms with Gasteiger partial charge in [-0.2, -0.15) is 4.98 Å². The summed E-state index contributed by atoms with van der Waals surface area (Å²) in [5.74, 6) is 0.329. The van der Waals surface area contributed by atoms with Crippen LogP contribution in [0.1, 0.15) is 11.4 Å². The van der Waals surface area contributed by atoms with E-state index < -0.39 is 8.72 Å². The predicted molar refractivity (Wildman–Crippen MR) is 106 cm³/mol. The normalized spacial score (nSPS) is 11.8. The molecule has 2 aromatic carbocycles. The Labute approximate surface area is 169 Å². The monoisotopic (exact) mass is 423 g/mol. The number of nitro benzene ring substituents is 1. The number of nitro groups is 1. The maximum Gasteiger partial charge on any atom is 0.269 e. The number of nitrogens with zero attached hydrogens (tertiary/aromatic N) is 3. The highest BCUT2D eigenvalue weighted by Crippen LogP contribution is 2.38. The molecule has 0 spiro atoms. The fraction of sp³-hybridized carbons (Fsp3) is 0.111. The van der Waals surface area contributed by atoms with Gasteiger partial charge in [-0.3, -0.25) is 10.1 Å². The molecular weight excluding hydrogens is 413 g/mol. The van der Waals surface area contributed by atoms with Crippen LogP contribution in [0, 0.1) is 10.1 Å². The van der Waals surface area contributed by atoms with E-state index in [-0.39, 0.29) is 18.1 Å². The van der Waals surface area contributed by atoms with Gasteiger partial charge in [0.25, 0.3) is 5.69 Å². The molecule has 0 N–H and O–H groups in total. The lowest BCUT2D eigenvalue weighted by molar-refractivity contribution is -0.384. The van der Waals surface area contributed by atoms with E-state index in [9.17, 15) is 10.1 Å². The third-order valence-electron chi connectivity index (χ3n) is 3.55. The van der Waals surface area contributed by atoms with Crippen molar-refractivity contribution >= 4 is 57.5 Å². The molecule has 9 heteroatoms. The topological polar surface area (TPSA) is 78.2 Å². The molecule has 0 aliphatic carbocycles. The first-order chi connectivity index (χ1) is 12.8. The average Bonchev–Trinajstić information content (AvgIpc) is 2.64. The molecule has 0 bridgehead atoms. The molecule has 0 radical (unpaired) electrons. The van der Waals surface area contributed by atoms with Crippen LogP contribution in [-0.2, 0) is 3.79 Å². The lowest BCUT2D eigenvalue weighted by Gasteiger charge is -2.13. The van der Waals surface area contributed by atoms with Crippen molar-refractivity contribution in [2.45, 2.75) is 3.79 Å². The Hall–Kier alpha value is -2.41. The summed E-state index contributed by atoms with van der Waals surface area (Å²) in [5, 5.41) is 11.4. The van der Waals surface area contributed by atoms with Crippen molar-refractivity contribution in [2.75, 3.05) is 6.61 Å². The van der Waals surface area contributed by atoms with Crippen LogP contribution in [0.2, 0.25) is 0 Å². The number of aromatic nitrogens is 2. The number of non-ortho nitro benzene ring substituents is 1. The summed E-state index contributed by atoms with van der Waals surface area (Å²) < 4.78 is 3.95. The van der Waals surface area contributed by atoms with E-state index >= 15 is 0 Å². The van der Waals surface area contributed by atoms with Crippen molar-refractivity contribution in [3.05, 3.63) is 76.1 Å². The molecule has 0 aliphatic heterocycles. The highest BCUT2D eigenvalue weighted by molar-refractivity contribution is 6.66. The van der Waals surface area contributed by atoms with Gasteiger partial charge in [-0.25, -0.2) is 4.98 Å². The van der Waals surface area contributed by atoms with E-state index in [2.05, 4.69) is 9.97 Å². The van der Waals surface area contributed by atoms with Gasteiger partial charge in [0.05, 0.1) is 15.8 Å². The van der Waals surface area contributed by atoms with Crippen LogP contribution in [0.25, 0.3) is 17.0 Å². The highest BCUT2D eigenvalue weighted by atomic mass is 35.6. The molecule has 6 nitrogen and oxygen atoms in total. The zero-order valence-electron chi connectivity index (χ0n) is 13.7. The molecule has 0 amide bonds. The Morgan fingerprint density at radius 1 is 1.07 bits per heavy atom. The van der Waals surface area contributed by atoms with Crippen molar-refractivity contribution < 1.29 is 9.66 Å². The number of hydrogen-bond donors (Lipinski definition) is 0. The Balaban J connectivity index is 1.77. The lowest BCUT2D eigenvalue weighted by atomic mass is 10.2. The van der Waals surface area contributed by atoms with Crippen LogP contribution in [-0.4, -0.2) is 21.5 Å². The minimum atomic E-state index is -1.77. The first-order valence-electron chi connectivity index (χ1n) is 7.72. The largest absolute Gasteiger partial charge is 0.473 e. The fourth-order valence-corrected chi connectivity index (χ4v) is 2.56. The second kappa shape index (κ2) is 8.08. The molecule has 0 saturated heterocycles. The first kappa shape index (κ1) is 19.4. The zero-order chi connectivity index (χ0) is 19.4. The average molecular weight is 425 g/mol. The van der Waals surface area contributed by atoms with E-state index in [4.69, 9.17) is 39.5 Å². The maximum absolute atomic E-state index is 10.7. The summed E-state index contributed by atoms with van der Waals surface area (Å²) in [5.41, 5.74) is 1.44. The minimum absolute atomic E-state index is 0.0283. The molecule has 27 heavy (non-hydrogen) atoms. The van der Waals surface area contributed by atoms with Gasteiger partial charge in [0.1, 0.15) is 6.61 Å². The number of halogens is 3. The maximum atomic E-state index is 10.7. The van der Waals surface area contributed by atoms with E-state index in [1.54, 1.807) is 30.4 Å². The second-order valence-electron chi connectivity index (χ2n) is 5.43. The second-order valence-corrected chi connectivity index (χ2v) is 7.71. The van der Waals surface area contributed by atoms with Gasteiger partial charge in [0, 0.05) is 12.1 Å². The number of para-hydroxylation sites is 1. The fourth-order valence-electron chi connectivity index (χ4n) is 2.30. The van der Waals surface area contributed by atoms with Crippen LogP contribution in [0.15, 0.2) is 54.6 Å². The van der Waals surface area contributed by atoms with Crippen LogP contribution in [0.5, 0.6) is 5.88 Å². The van der Waals surface area contributed by atoms with Crippen molar-refractivity contribution in [1.82, 2.24) is 9.97 Å². The van der Waals surface area contributed by atoms with Gasteiger partial charge in [-0.05, 0) is 35.9 Å². The summed E-state index contributed by atoms with van der Waals surface area (Å²) in [7, 11) is 0. The van der Waals surface area contributed by atoms with Crippen molar-refractivity contribution in [1.29, 1.82) is 0 Å². The van der Waals surface area contributed by atoms with Gasteiger partial charge >= 0.3 is 0 Å². The molecule has 1 heterocycles. The minimum Gasteiger partial charge on any atom is -0.473 e. The number of ether oxygens (including phenoxy) is 1. The molecule has 0 fully saturated rings. The first-order valence-corrected chi connectivity index (χ1v) is 8.86. The van der Waals surface area contributed by atoms with Crippen LogP contribution in [0.4, 0.5) is 5.69 Å². The van der Waals surface area contributed by atoms with Crippen LogP contribution in [0.3, 0.4) is 0 Å². The zero-order valence-corrected chi connectivity index (χ0v) is 15.9. The van der Waals surface area contributed by atoms with Crippen molar-refractivity contribution in [3.63, 3.8) is 0 Å². The molecule has 1 aromatic heterocycles. The highest BCUT2D eigenvalue weighted by Gasteiger charge is 2.28. The summed E-state index contributed by atoms with van der Waals surface area (Å²) in [6.45, 7) is 0.206. The third-order valence-corrected chi connectivity index (χ3v) is 4.06. The van der Waals surface area contributed by atoms with E-state index in [1.807, 2.05) is 18.2 Å². The lowest BCUT2D eigenvalue weighted by Crippen LogP contribution is -2.09. The van der Waals surface area contributed by atoms with Gasteiger partial charge in [0.15, 0.2) is 5.82 Å². The summed E-state index contributed by atoms with van der Waals surface area (Å²) in [4.78, 5) is 18.7. The number of alkyl halides is 3. The Morgan fingerprint density at radius 3 is 2.44 bits per heavy atom. The van der Waals surface area contributed by atoms with Crippen molar-refractivity contribution in [3.8, 4) is 5.88 Å². The molecule has 0 atom stereocenters. The smallest absolute Gasteiger partial charge is 0.269 e. The SMILES string of the molecule is O=[N+]([O-])c1ccc(/C=C/COc2nc(C(Cl)(Cl)Cl)nc3ccccc23)cc1. The molecule has 0 aliphatic rings. The van der Waals surface area contributed by atoms with Gasteiger partial charge in [-0.15, -0.1) is 0 Å². The van der Waals surface area contributed by atoms with Crippen molar-refractivity contribution in [2.24, 2.45) is 0 Å². The van der Waals surface area contributed by atoms with Gasteiger partial charge in [-0.1, -0.05) is 53.0 Å². The number of hydrogen-bond acceptors (Lipinski definition) is 5. The van der Waals surface area contributed by atoms with E-state index in [1.165, 1.54) is 12.1 Å². The van der Waals surface area contributed by atoms with Crippen LogP contribution < -0.4 is 4.74 Å². The Bertz CT molecular complexity index is 1000. The molecule has 138 valence electrons. The van der Waals surface area contributed by atoms with Gasteiger partial charge in [0.2, 0.25) is 9.67 Å². The summed E-state index contributed by atoms with van der Waals surface area (Å²) in [6.07, 6.45) is 3.54. The molecule has 0 unspecified atom stereocenters. The molecule has 3 aromatic rings. The van der Waals surface area contributed by atoms with Gasteiger partial charge < -0.3 is 4.74 Å². The summed E-state index contributed by atoms with van der Waals surface area (Å²) >= 11 is 17.7. The Morgan fingerprint density at radius 2 is 1.78 bits per heavy atom. The van der Waals surface area contributed by atoms with E-state index in [0.717, 1.165) is 5.56 Å². The molecule has 3 rings (SSSR count). The molecule has 0 saturated carbocycles. The predicted octanol–water partition coefficient (Wildman–Crippen LogP) is 5.46. The quantitative estimate of drug-likeness (QED) is 0.309. The number of benzene rings is 2. The Kier molecular flexibility index (Phi) is 5.79. The van der Waals surface area contributed by atoms with Crippen LogP contribution >= 0.6 is 34.8 Å². The summed E-state index contributed by atoms with van der Waals surface area (Å²) in [6, 6.07) is 13.4. The third kappa shape index (κ3) is 4.86. The number of fused-ring (bicyclic) bond motifs is 1. The number of rotatable bonds is 5. The molecular formula is C18H12Cl3N3O3. The standard InChI is InChI=1S/C18H12Cl3N3O3/c19-18(20,21)17-22-15-6-2-1-5-14(15)16(23-17)27-11-3-4-12-7-9-13(10-8-12)24(25)26/h1-10H,11H2/b4-3+. The van der Waals surface area contributed by atoms with E-state index in [0.29, 0.717) is 16.8 Å².